The van der Waals surface area contributed by atoms with Crippen LogP contribution >= 0.6 is 11.6 Å². The highest BCUT2D eigenvalue weighted by Crippen LogP contribution is 2.32. The summed E-state index contributed by atoms with van der Waals surface area (Å²) in [5, 5.41) is 3.43. The molecule has 0 bridgehead atoms. The van der Waals surface area contributed by atoms with Crippen molar-refractivity contribution in [2.24, 2.45) is 5.92 Å². The van der Waals surface area contributed by atoms with Crippen LogP contribution in [0.4, 0.5) is 0 Å². The van der Waals surface area contributed by atoms with Gasteiger partial charge < -0.3 is 15.3 Å². The Hall–Kier alpha value is -2.97. The molecule has 0 saturated carbocycles. The summed E-state index contributed by atoms with van der Waals surface area (Å²) in [7, 11) is 0. The first-order valence-corrected chi connectivity index (χ1v) is 9.33. The van der Waals surface area contributed by atoms with Gasteiger partial charge in [0.15, 0.2) is 0 Å². The van der Waals surface area contributed by atoms with Crippen molar-refractivity contribution in [3.8, 4) is 11.4 Å². The van der Waals surface area contributed by atoms with Crippen molar-refractivity contribution >= 4 is 34.4 Å². The minimum absolute atomic E-state index is 0.169. The summed E-state index contributed by atoms with van der Waals surface area (Å²) >= 11 is 6.14. The number of amides is 2. The van der Waals surface area contributed by atoms with Crippen LogP contribution in [0.3, 0.4) is 0 Å². The molecule has 1 saturated heterocycles. The zero-order chi connectivity index (χ0) is 19.6. The Morgan fingerprint density at radius 1 is 1.18 bits per heavy atom. The van der Waals surface area contributed by atoms with Gasteiger partial charge in [-0.2, -0.15) is 0 Å². The Labute approximate surface area is 163 Å². The van der Waals surface area contributed by atoms with Gasteiger partial charge in [-0.3, -0.25) is 19.3 Å². The molecule has 5 rings (SSSR count). The van der Waals surface area contributed by atoms with E-state index in [2.05, 4.69) is 20.3 Å². The number of rotatable bonds is 3. The fourth-order valence-electron chi connectivity index (χ4n) is 3.79. The molecule has 142 valence electrons. The van der Waals surface area contributed by atoms with Gasteiger partial charge in [0.1, 0.15) is 11.4 Å². The molecule has 0 radical (unpaired) electrons. The number of imide groups is 1. The number of H-pyrrole nitrogens is 2. The summed E-state index contributed by atoms with van der Waals surface area (Å²) in [4.78, 5) is 49.3. The standard InChI is InChI=1S/C19H16ClN5O3/c1-8(9-6-21-7-9)25-18(27)10-4-13-14(5-11(10)19(25)28)24-16(23-13)15-12(20)2-3-22-17(15)26/h2-5,8-9,21H,6-7H2,1H3,(H,22,26)(H,23,24). The SMILES string of the molecule is CC(C1CNC1)N1C(=O)c2cc3nc(-c4c(Cl)cc[nH]c4=O)[nH]c3cc2C1=O. The van der Waals surface area contributed by atoms with E-state index >= 15 is 0 Å². The molecular formula is C19H16ClN5O3. The highest BCUT2D eigenvalue weighted by Gasteiger charge is 2.42. The van der Waals surface area contributed by atoms with Crippen LogP contribution in [-0.4, -0.2) is 50.8 Å². The van der Waals surface area contributed by atoms with Crippen molar-refractivity contribution in [1.29, 1.82) is 0 Å². The lowest BCUT2D eigenvalue weighted by Crippen LogP contribution is -2.54. The van der Waals surface area contributed by atoms with E-state index in [1.807, 2.05) is 6.92 Å². The van der Waals surface area contributed by atoms with Crippen molar-refractivity contribution in [2.45, 2.75) is 13.0 Å². The second-order valence-corrected chi connectivity index (χ2v) is 7.58. The molecule has 1 unspecified atom stereocenters. The fourth-order valence-corrected chi connectivity index (χ4v) is 4.03. The maximum atomic E-state index is 12.9. The number of halogens is 1. The molecule has 2 aliphatic rings. The zero-order valence-electron chi connectivity index (χ0n) is 14.9. The van der Waals surface area contributed by atoms with Gasteiger partial charge in [0.2, 0.25) is 0 Å². The second kappa shape index (κ2) is 6.02. The van der Waals surface area contributed by atoms with Gasteiger partial charge in [-0.05, 0) is 25.1 Å². The van der Waals surface area contributed by atoms with Crippen molar-refractivity contribution < 1.29 is 9.59 Å². The van der Waals surface area contributed by atoms with Gasteiger partial charge in [0.05, 0.1) is 27.2 Å². The van der Waals surface area contributed by atoms with Crippen molar-refractivity contribution in [3.05, 3.63) is 50.9 Å². The maximum Gasteiger partial charge on any atom is 0.261 e. The number of hydrogen-bond acceptors (Lipinski definition) is 5. The summed E-state index contributed by atoms with van der Waals surface area (Å²) in [6, 6.07) is 4.62. The van der Waals surface area contributed by atoms with Crippen LogP contribution < -0.4 is 10.9 Å². The van der Waals surface area contributed by atoms with Crippen LogP contribution in [0.5, 0.6) is 0 Å². The number of carbonyl (C=O) groups is 2. The predicted octanol–water partition coefficient (Wildman–Crippen LogP) is 1.78. The number of fused-ring (bicyclic) bond motifs is 2. The van der Waals surface area contributed by atoms with Gasteiger partial charge in [0.25, 0.3) is 17.4 Å². The number of nitrogens with one attached hydrogen (secondary N) is 3. The van der Waals surface area contributed by atoms with E-state index in [0.29, 0.717) is 22.2 Å². The highest BCUT2D eigenvalue weighted by molar-refractivity contribution is 6.33. The minimum Gasteiger partial charge on any atom is -0.338 e. The second-order valence-electron chi connectivity index (χ2n) is 7.17. The Balaban J connectivity index is 1.59. The number of aromatic amines is 2. The first kappa shape index (κ1) is 17.2. The first-order valence-electron chi connectivity index (χ1n) is 8.95. The average molecular weight is 398 g/mol. The van der Waals surface area contributed by atoms with Crippen LogP contribution in [-0.2, 0) is 0 Å². The molecule has 28 heavy (non-hydrogen) atoms. The number of pyridine rings is 1. The molecule has 1 aromatic carbocycles. The third-order valence-corrected chi connectivity index (χ3v) is 5.88. The Morgan fingerprint density at radius 3 is 2.54 bits per heavy atom. The van der Waals surface area contributed by atoms with Gasteiger partial charge >= 0.3 is 0 Å². The molecule has 3 N–H and O–H groups in total. The lowest BCUT2D eigenvalue weighted by molar-refractivity contribution is 0.0510. The van der Waals surface area contributed by atoms with E-state index in [4.69, 9.17) is 11.6 Å². The minimum atomic E-state index is -0.375. The van der Waals surface area contributed by atoms with E-state index < -0.39 is 0 Å². The van der Waals surface area contributed by atoms with E-state index in [1.165, 1.54) is 11.1 Å². The zero-order valence-corrected chi connectivity index (χ0v) is 15.6. The smallest absolute Gasteiger partial charge is 0.261 e. The largest absolute Gasteiger partial charge is 0.338 e. The van der Waals surface area contributed by atoms with Gasteiger partial charge in [0, 0.05) is 31.2 Å². The van der Waals surface area contributed by atoms with E-state index in [9.17, 15) is 14.4 Å². The molecule has 3 aromatic rings. The summed E-state index contributed by atoms with van der Waals surface area (Å²) in [5.74, 6) is -0.0468. The number of carbonyl (C=O) groups excluding carboxylic acids is 2. The molecular weight excluding hydrogens is 382 g/mol. The Kier molecular flexibility index (Phi) is 3.68. The number of nitrogens with zero attached hydrogens (tertiary/aromatic N) is 2. The number of hydrogen-bond donors (Lipinski definition) is 3. The predicted molar refractivity (Wildman–Crippen MR) is 103 cm³/mol. The third-order valence-electron chi connectivity index (χ3n) is 5.57. The molecule has 0 aliphatic carbocycles. The normalized spacial score (nSPS) is 17.9. The summed E-state index contributed by atoms with van der Waals surface area (Å²) in [6.07, 6.45) is 1.45. The van der Waals surface area contributed by atoms with Crippen molar-refractivity contribution in [2.75, 3.05) is 13.1 Å². The van der Waals surface area contributed by atoms with E-state index in [-0.39, 0.29) is 45.7 Å². The quantitative estimate of drug-likeness (QED) is 0.583. The molecule has 0 spiro atoms. The van der Waals surface area contributed by atoms with Gasteiger partial charge in [-0.15, -0.1) is 0 Å². The molecule has 2 aliphatic heterocycles. The molecule has 8 nitrogen and oxygen atoms in total. The maximum absolute atomic E-state index is 12.9. The van der Waals surface area contributed by atoms with Crippen LogP contribution in [0, 0.1) is 5.92 Å². The third kappa shape index (κ3) is 2.35. The van der Waals surface area contributed by atoms with Crippen LogP contribution in [0.1, 0.15) is 27.6 Å². The Bertz CT molecular complexity index is 1160. The lowest BCUT2D eigenvalue weighted by atomic mass is 9.94. The van der Waals surface area contributed by atoms with Gasteiger partial charge in [-0.1, -0.05) is 11.6 Å². The van der Waals surface area contributed by atoms with E-state index in [0.717, 1.165) is 13.1 Å². The van der Waals surface area contributed by atoms with Crippen LogP contribution in [0.15, 0.2) is 29.2 Å². The fraction of sp³-hybridized carbons (Fsp3) is 0.263. The molecule has 1 atom stereocenters. The topological polar surface area (TPSA) is 111 Å². The number of imidazole rings is 1. The monoisotopic (exact) mass is 397 g/mol. The van der Waals surface area contributed by atoms with Crippen LogP contribution in [0.2, 0.25) is 5.02 Å². The number of benzene rings is 1. The molecule has 9 heteroatoms. The highest BCUT2D eigenvalue weighted by atomic mass is 35.5. The summed E-state index contributed by atoms with van der Waals surface area (Å²) in [6.45, 7) is 3.50. The van der Waals surface area contributed by atoms with E-state index in [1.54, 1.807) is 18.2 Å². The molecule has 2 aromatic heterocycles. The first-order chi connectivity index (χ1) is 13.5. The molecule has 1 fully saturated rings. The van der Waals surface area contributed by atoms with Crippen molar-refractivity contribution in [1.82, 2.24) is 25.2 Å². The van der Waals surface area contributed by atoms with Gasteiger partial charge in [-0.25, -0.2) is 4.98 Å². The summed E-state index contributed by atoms with van der Waals surface area (Å²) in [5.41, 5.74) is 1.58. The number of aromatic nitrogens is 3. The average Bonchev–Trinajstić information content (AvgIpc) is 3.10. The Morgan fingerprint density at radius 2 is 1.89 bits per heavy atom. The summed E-state index contributed by atoms with van der Waals surface area (Å²) < 4.78 is 0. The molecule has 2 amide bonds. The molecule has 4 heterocycles. The van der Waals surface area contributed by atoms with Crippen LogP contribution in [0.25, 0.3) is 22.4 Å². The van der Waals surface area contributed by atoms with Crippen molar-refractivity contribution in [3.63, 3.8) is 0 Å². The lowest BCUT2D eigenvalue weighted by Gasteiger charge is -2.36.